The van der Waals surface area contributed by atoms with E-state index >= 15 is 0 Å². The van der Waals surface area contributed by atoms with Gasteiger partial charge in [0, 0.05) is 6.04 Å². The fourth-order valence-electron chi connectivity index (χ4n) is 4.18. The average Bonchev–Trinajstić information content (AvgIpc) is 2.79. The van der Waals surface area contributed by atoms with Crippen LogP contribution < -0.4 is 10.0 Å². The standard InChI is InChI=1S/C25H28N2O3S/c28-25(26-22-13-5-2-6-14-22)24(17-19-9-3-1-4-10-19)27-31(29,30)23-16-15-20-11-7-8-12-21(20)18-23/h1,3-4,7-12,15-16,18,22,24,27H,2,5-6,13-14,17H2,(H,26,28)/t24-/m1/s1. The van der Waals surface area contributed by atoms with Crippen LogP contribution in [0.25, 0.3) is 10.8 Å². The maximum Gasteiger partial charge on any atom is 0.241 e. The Morgan fingerprint density at radius 1 is 0.871 bits per heavy atom. The summed E-state index contributed by atoms with van der Waals surface area (Å²) in [6.07, 6.45) is 5.57. The molecule has 2 N–H and O–H groups in total. The molecule has 0 unspecified atom stereocenters. The van der Waals surface area contributed by atoms with E-state index in [4.69, 9.17) is 0 Å². The zero-order valence-corrected chi connectivity index (χ0v) is 18.3. The van der Waals surface area contributed by atoms with Crippen molar-refractivity contribution >= 4 is 26.7 Å². The second-order valence-corrected chi connectivity index (χ2v) is 9.93. The summed E-state index contributed by atoms with van der Waals surface area (Å²) in [4.78, 5) is 13.3. The maximum absolute atomic E-state index is 13.2. The smallest absolute Gasteiger partial charge is 0.241 e. The van der Waals surface area contributed by atoms with Gasteiger partial charge in [-0.3, -0.25) is 4.79 Å². The van der Waals surface area contributed by atoms with E-state index in [-0.39, 0.29) is 16.8 Å². The lowest BCUT2D eigenvalue weighted by atomic mass is 9.95. The van der Waals surface area contributed by atoms with E-state index < -0.39 is 16.1 Å². The van der Waals surface area contributed by atoms with E-state index in [1.54, 1.807) is 18.2 Å². The molecule has 3 aromatic rings. The van der Waals surface area contributed by atoms with Crippen molar-refractivity contribution in [1.29, 1.82) is 0 Å². The summed E-state index contributed by atoms with van der Waals surface area (Å²) < 4.78 is 29.0. The lowest BCUT2D eigenvalue weighted by molar-refractivity contribution is -0.123. The number of benzene rings is 3. The summed E-state index contributed by atoms with van der Waals surface area (Å²) in [5, 5.41) is 4.89. The number of hydrogen-bond acceptors (Lipinski definition) is 3. The van der Waals surface area contributed by atoms with E-state index in [1.807, 2.05) is 54.6 Å². The first-order valence-corrected chi connectivity index (χ1v) is 12.3. The summed E-state index contributed by atoms with van der Waals surface area (Å²) >= 11 is 0. The molecular weight excluding hydrogens is 408 g/mol. The molecule has 0 aliphatic heterocycles. The van der Waals surface area contributed by atoms with Gasteiger partial charge in [0.25, 0.3) is 0 Å². The Morgan fingerprint density at radius 3 is 2.29 bits per heavy atom. The highest BCUT2D eigenvalue weighted by Gasteiger charge is 2.28. The molecule has 1 fully saturated rings. The van der Waals surface area contributed by atoms with Crippen molar-refractivity contribution in [1.82, 2.24) is 10.0 Å². The first kappa shape index (κ1) is 21.5. The number of amides is 1. The zero-order valence-electron chi connectivity index (χ0n) is 17.5. The SMILES string of the molecule is O=C(NC1CCCCC1)[C@@H](Cc1ccccc1)NS(=O)(=O)c1ccc2ccccc2c1. The van der Waals surface area contributed by atoms with E-state index in [1.165, 1.54) is 6.42 Å². The summed E-state index contributed by atoms with van der Waals surface area (Å²) in [6.45, 7) is 0. The highest BCUT2D eigenvalue weighted by molar-refractivity contribution is 7.89. The van der Waals surface area contributed by atoms with Gasteiger partial charge in [0.05, 0.1) is 4.90 Å². The van der Waals surface area contributed by atoms with Gasteiger partial charge in [-0.25, -0.2) is 8.42 Å². The number of fused-ring (bicyclic) bond motifs is 1. The Labute approximate surface area is 183 Å². The molecule has 0 aromatic heterocycles. The molecule has 0 saturated heterocycles. The number of hydrogen-bond donors (Lipinski definition) is 2. The van der Waals surface area contributed by atoms with E-state index in [0.717, 1.165) is 42.0 Å². The second kappa shape index (κ2) is 9.62. The second-order valence-electron chi connectivity index (χ2n) is 8.22. The van der Waals surface area contributed by atoms with Crippen LogP contribution in [-0.4, -0.2) is 26.4 Å². The Bertz CT molecular complexity index is 1140. The summed E-state index contributed by atoms with van der Waals surface area (Å²) in [5.74, 6) is -0.264. The summed E-state index contributed by atoms with van der Waals surface area (Å²) in [6, 6.07) is 21.4. The van der Waals surface area contributed by atoms with Crippen LogP contribution in [0.4, 0.5) is 0 Å². The lowest BCUT2D eigenvalue weighted by Gasteiger charge is -2.26. The van der Waals surface area contributed by atoms with Gasteiger partial charge in [-0.1, -0.05) is 79.9 Å². The monoisotopic (exact) mass is 436 g/mol. The molecule has 0 spiro atoms. The van der Waals surface area contributed by atoms with Crippen molar-refractivity contribution in [2.24, 2.45) is 0 Å². The summed E-state index contributed by atoms with van der Waals surface area (Å²) in [7, 11) is -3.87. The van der Waals surface area contributed by atoms with Gasteiger partial charge < -0.3 is 5.32 Å². The van der Waals surface area contributed by atoms with Gasteiger partial charge in [0.15, 0.2) is 0 Å². The van der Waals surface area contributed by atoms with Crippen LogP contribution in [0.5, 0.6) is 0 Å². The third-order valence-corrected chi connectivity index (χ3v) is 7.35. The van der Waals surface area contributed by atoms with Crippen molar-refractivity contribution in [3.05, 3.63) is 78.4 Å². The van der Waals surface area contributed by atoms with Gasteiger partial charge in [-0.15, -0.1) is 0 Å². The minimum atomic E-state index is -3.87. The average molecular weight is 437 g/mol. The first-order valence-electron chi connectivity index (χ1n) is 10.9. The van der Waals surface area contributed by atoms with Crippen molar-refractivity contribution < 1.29 is 13.2 Å². The number of sulfonamides is 1. The molecule has 5 nitrogen and oxygen atoms in total. The predicted octanol–water partition coefficient (Wildman–Crippen LogP) is 4.18. The molecule has 3 aromatic carbocycles. The molecular formula is C25H28N2O3S. The molecule has 0 bridgehead atoms. The number of carbonyl (C=O) groups excluding carboxylic acids is 1. The van der Waals surface area contributed by atoms with Crippen LogP contribution in [0.1, 0.15) is 37.7 Å². The molecule has 0 radical (unpaired) electrons. The molecule has 1 saturated carbocycles. The highest BCUT2D eigenvalue weighted by Crippen LogP contribution is 2.20. The Morgan fingerprint density at radius 2 is 1.55 bits per heavy atom. The van der Waals surface area contributed by atoms with Crippen LogP contribution in [0.2, 0.25) is 0 Å². The number of nitrogens with one attached hydrogen (secondary N) is 2. The molecule has 6 heteroatoms. The van der Waals surface area contributed by atoms with Crippen molar-refractivity contribution in [2.45, 2.75) is 55.5 Å². The molecule has 31 heavy (non-hydrogen) atoms. The molecule has 0 heterocycles. The Hall–Kier alpha value is -2.70. The quantitative estimate of drug-likeness (QED) is 0.583. The molecule has 1 aliphatic carbocycles. The minimum Gasteiger partial charge on any atom is -0.352 e. The van der Waals surface area contributed by atoms with Crippen LogP contribution >= 0.6 is 0 Å². The van der Waals surface area contributed by atoms with Gasteiger partial charge >= 0.3 is 0 Å². The van der Waals surface area contributed by atoms with E-state index in [2.05, 4.69) is 10.0 Å². The predicted molar refractivity (Wildman–Crippen MR) is 123 cm³/mol. The van der Waals surface area contributed by atoms with Crippen LogP contribution in [0.3, 0.4) is 0 Å². The molecule has 1 aliphatic rings. The summed E-state index contributed by atoms with van der Waals surface area (Å²) in [5.41, 5.74) is 0.910. The van der Waals surface area contributed by atoms with Crippen LogP contribution in [0, 0.1) is 0 Å². The van der Waals surface area contributed by atoms with Gasteiger partial charge in [0.2, 0.25) is 15.9 Å². The minimum absolute atomic E-state index is 0.115. The Kier molecular flexibility index (Phi) is 6.68. The third-order valence-electron chi connectivity index (χ3n) is 5.88. The third kappa shape index (κ3) is 5.51. The highest BCUT2D eigenvalue weighted by atomic mass is 32.2. The molecule has 1 atom stereocenters. The van der Waals surface area contributed by atoms with Crippen LogP contribution in [-0.2, 0) is 21.2 Å². The van der Waals surface area contributed by atoms with E-state index in [0.29, 0.717) is 6.42 Å². The fraction of sp³-hybridized carbons (Fsp3) is 0.320. The van der Waals surface area contributed by atoms with Crippen LogP contribution in [0.15, 0.2) is 77.7 Å². The maximum atomic E-state index is 13.2. The van der Waals surface area contributed by atoms with Gasteiger partial charge in [-0.2, -0.15) is 4.72 Å². The normalized spacial score (nSPS) is 16.1. The van der Waals surface area contributed by atoms with E-state index in [9.17, 15) is 13.2 Å². The lowest BCUT2D eigenvalue weighted by Crippen LogP contribution is -2.50. The first-order chi connectivity index (χ1) is 15.0. The number of carbonyl (C=O) groups is 1. The molecule has 162 valence electrons. The topological polar surface area (TPSA) is 75.3 Å². The molecule has 1 amide bonds. The zero-order chi connectivity index (χ0) is 21.7. The fourth-order valence-corrected chi connectivity index (χ4v) is 5.41. The largest absolute Gasteiger partial charge is 0.352 e. The van der Waals surface area contributed by atoms with Gasteiger partial charge in [-0.05, 0) is 47.7 Å². The van der Waals surface area contributed by atoms with Crippen molar-refractivity contribution in [2.75, 3.05) is 0 Å². The van der Waals surface area contributed by atoms with Crippen molar-refractivity contribution in [3.8, 4) is 0 Å². The Balaban J connectivity index is 1.57. The van der Waals surface area contributed by atoms with Crippen molar-refractivity contribution in [3.63, 3.8) is 0 Å². The molecule has 4 rings (SSSR count). The number of rotatable bonds is 7. The van der Waals surface area contributed by atoms with Gasteiger partial charge in [0.1, 0.15) is 6.04 Å².